The maximum Gasteiger partial charge on any atom is 0.137 e. The van der Waals surface area contributed by atoms with Gasteiger partial charge in [0.25, 0.3) is 0 Å². The van der Waals surface area contributed by atoms with Gasteiger partial charge in [0.15, 0.2) is 0 Å². The van der Waals surface area contributed by atoms with Crippen molar-refractivity contribution in [2.75, 3.05) is 13.1 Å². The molecule has 1 aliphatic heterocycles. The molecule has 2 heteroatoms. The zero-order chi connectivity index (χ0) is 12.3. The fourth-order valence-corrected chi connectivity index (χ4v) is 3.25. The maximum atomic E-state index is 12.0. The molecule has 1 saturated heterocycles. The molecule has 0 aromatic heterocycles. The van der Waals surface area contributed by atoms with Gasteiger partial charge in [-0.05, 0) is 46.1 Å². The number of carbonyl (C=O) groups excluding carboxylic acids is 1. The summed E-state index contributed by atoms with van der Waals surface area (Å²) in [4.78, 5) is 14.6. The zero-order valence-electron chi connectivity index (χ0n) is 11.2. The van der Waals surface area contributed by atoms with Crippen molar-refractivity contribution < 1.29 is 4.79 Å². The van der Waals surface area contributed by atoms with Gasteiger partial charge in [0.2, 0.25) is 0 Å². The van der Waals surface area contributed by atoms with Crippen molar-refractivity contribution in [2.24, 2.45) is 5.92 Å². The van der Waals surface area contributed by atoms with Crippen molar-refractivity contribution in [2.45, 2.75) is 58.4 Å². The molecule has 0 aromatic rings. The van der Waals surface area contributed by atoms with Crippen LogP contribution in [0.5, 0.6) is 0 Å². The van der Waals surface area contributed by atoms with Crippen LogP contribution < -0.4 is 0 Å². The summed E-state index contributed by atoms with van der Waals surface area (Å²) < 4.78 is 0. The van der Waals surface area contributed by atoms with Gasteiger partial charge < -0.3 is 0 Å². The van der Waals surface area contributed by atoms with Crippen LogP contribution >= 0.6 is 0 Å². The maximum absolute atomic E-state index is 12.0. The van der Waals surface area contributed by atoms with Crippen LogP contribution in [0.3, 0.4) is 0 Å². The van der Waals surface area contributed by atoms with E-state index in [1.165, 1.54) is 31.4 Å². The van der Waals surface area contributed by atoms with E-state index in [2.05, 4.69) is 24.8 Å². The lowest BCUT2D eigenvalue weighted by atomic mass is 9.82. The summed E-state index contributed by atoms with van der Waals surface area (Å²) in [5.74, 6) is 0.877. The Kier molecular flexibility index (Phi) is 4.38. The fraction of sp³-hybridized carbons (Fsp3) is 0.800. The minimum Gasteiger partial charge on any atom is -0.299 e. The monoisotopic (exact) mass is 235 g/mol. The van der Waals surface area contributed by atoms with Crippen molar-refractivity contribution in [3.63, 3.8) is 0 Å². The molecule has 2 unspecified atom stereocenters. The van der Waals surface area contributed by atoms with E-state index in [1.807, 2.05) is 0 Å². The SMILES string of the molecule is CC(C)=CCN1CCCC1C1CCCCC1=O. The molecule has 0 amide bonds. The Bertz CT molecular complexity index is 304. The molecule has 2 fully saturated rings. The predicted octanol–water partition coefficient (Wildman–Crippen LogP) is 3.18. The van der Waals surface area contributed by atoms with E-state index in [0.717, 1.165) is 25.8 Å². The molecule has 0 N–H and O–H groups in total. The molecular weight excluding hydrogens is 210 g/mol. The summed E-state index contributed by atoms with van der Waals surface area (Å²) in [6.45, 7) is 6.52. The smallest absolute Gasteiger partial charge is 0.137 e. The molecule has 2 aliphatic rings. The Morgan fingerprint density at radius 3 is 2.82 bits per heavy atom. The summed E-state index contributed by atoms with van der Waals surface area (Å²) in [5.41, 5.74) is 1.38. The third kappa shape index (κ3) is 3.19. The Morgan fingerprint density at radius 1 is 1.29 bits per heavy atom. The van der Waals surface area contributed by atoms with Crippen LogP contribution in [0.4, 0.5) is 0 Å². The number of carbonyl (C=O) groups is 1. The van der Waals surface area contributed by atoms with Crippen LogP contribution in [0.25, 0.3) is 0 Å². The lowest BCUT2D eigenvalue weighted by Gasteiger charge is -2.32. The number of rotatable bonds is 3. The average molecular weight is 235 g/mol. The second-order valence-electron chi connectivity index (χ2n) is 5.80. The summed E-state index contributed by atoms with van der Waals surface area (Å²) in [6, 6.07) is 0.540. The molecule has 1 aliphatic carbocycles. The Balaban J connectivity index is 1.98. The van der Waals surface area contributed by atoms with Gasteiger partial charge in [-0.2, -0.15) is 0 Å². The molecule has 0 bridgehead atoms. The average Bonchev–Trinajstić information content (AvgIpc) is 2.75. The van der Waals surface area contributed by atoms with Crippen LogP contribution in [-0.2, 0) is 4.79 Å². The Morgan fingerprint density at radius 2 is 2.12 bits per heavy atom. The first-order valence-electron chi connectivity index (χ1n) is 7.08. The van der Waals surface area contributed by atoms with E-state index < -0.39 is 0 Å². The van der Waals surface area contributed by atoms with Gasteiger partial charge in [-0.3, -0.25) is 9.69 Å². The second-order valence-corrected chi connectivity index (χ2v) is 5.80. The van der Waals surface area contributed by atoms with Crippen LogP contribution in [0.2, 0.25) is 0 Å². The second kappa shape index (κ2) is 5.81. The highest BCUT2D eigenvalue weighted by molar-refractivity contribution is 5.82. The molecule has 96 valence electrons. The van der Waals surface area contributed by atoms with Crippen LogP contribution in [0, 0.1) is 5.92 Å². The highest BCUT2D eigenvalue weighted by atomic mass is 16.1. The van der Waals surface area contributed by atoms with Crippen LogP contribution in [0.1, 0.15) is 52.4 Å². The van der Waals surface area contributed by atoms with E-state index in [9.17, 15) is 4.79 Å². The van der Waals surface area contributed by atoms with E-state index in [0.29, 0.717) is 17.7 Å². The van der Waals surface area contributed by atoms with Gasteiger partial charge in [-0.25, -0.2) is 0 Å². The number of nitrogens with zero attached hydrogens (tertiary/aromatic N) is 1. The topological polar surface area (TPSA) is 20.3 Å². The third-order valence-electron chi connectivity index (χ3n) is 4.21. The summed E-state index contributed by atoms with van der Waals surface area (Å²) in [5, 5.41) is 0. The first-order chi connectivity index (χ1) is 8.18. The molecule has 1 heterocycles. The zero-order valence-corrected chi connectivity index (χ0v) is 11.2. The van der Waals surface area contributed by atoms with Crippen molar-refractivity contribution in [1.82, 2.24) is 4.90 Å². The number of ketones is 1. The van der Waals surface area contributed by atoms with Crippen molar-refractivity contribution in [3.05, 3.63) is 11.6 Å². The molecule has 0 spiro atoms. The van der Waals surface area contributed by atoms with Crippen LogP contribution in [0.15, 0.2) is 11.6 Å². The predicted molar refractivity (Wildman–Crippen MR) is 71.0 cm³/mol. The lowest BCUT2D eigenvalue weighted by molar-refractivity contribution is -0.126. The first-order valence-corrected chi connectivity index (χ1v) is 7.08. The van der Waals surface area contributed by atoms with Gasteiger partial charge in [-0.1, -0.05) is 18.1 Å². The van der Waals surface area contributed by atoms with E-state index in [1.54, 1.807) is 0 Å². The Labute approximate surface area is 105 Å². The quantitative estimate of drug-likeness (QED) is 0.700. The van der Waals surface area contributed by atoms with Crippen molar-refractivity contribution in [3.8, 4) is 0 Å². The third-order valence-corrected chi connectivity index (χ3v) is 4.21. The molecular formula is C15H25NO. The largest absolute Gasteiger partial charge is 0.299 e. The summed E-state index contributed by atoms with van der Waals surface area (Å²) in [7, 11) is 0. The van der Waals surface area contributed by atoms with Crippen molar-refractivity contribution >= 4 is 5.78 Å². The summed E-state index contributed by atoms with van der Waals surface area (Å²) >= 11 is 0. The highest BCUT2D eigenvalue weighted by Crippen LogP contribution is 2.32. The standard InChI is InChI=1S/C15H25NO/c1-12(2)9-11-16-10-5-7-14(16)13-6-3-4-8-15(13)17/h9,13-14H,3-8,10-11H2,1-2H3. The van der Waals surface area contributed by atoms with Gasteiger partial charge in [0, 0.05) is 24.9 Å². The lowest BCUT2D eigenvalue weighted by Crippen LogP contribution is -2.40. The normalized spacial score (nSPS) is 30.6. The molecule has 0 aromatic carbocycles. The molecule has 17 heavy (non-hydrogen) atoms. The van der Waals surface area contributed by atoms with Gasteiger partial charge in [-0.15, -0.1) is 0 Å². The summed E-state index contributed by atoms with van der Waals surface area (Å²) in [6.07, 6.45) is 9.13. The van der Waals surface area contributed by atoms with Gasteiger partial charge in [0.1, 0.15) is 5.78 Å². The molecule has 1 saturated carbocycles. The van der Waals surface area contributed by atoms with Crippen molar-refractivity contribution in [1.29, 1.82) is 0 Å². The number of allylic oxidation sites excluding steroid dienone is 1. The van der Waals surface area contributed by atoms with E-state index >= 15 is 0 Å². The highest BCUT2D eigenvalue weighted by Gasteiger charge is 2.36. The molecule has 0 radical (unpaired) electrons. The van der Waals surface area contributed by atoms with Gasteiger partial charge in [0.05, 0.1) is 0 Å². The van der Waals surface area contributed by atoms with Crippen LogP contribution in [-0.4, -0.2) is 29.8 Å². The van der Waals surface area contributed by atoms with E-state index in [-0.39, 0.29) is 0 Å². The number of likely N-dealkylation sites (tertiary alicyclic amines) is 1. The molecule has 2 nitrogen and oxygen atoms in total. The van der Waals surface area contributed by atoms with E-state index in [4.69, 9.17) is 0 Å². The number of Topliss-reactive ketones (excluding diaryl/α,β-unsaturated/α-hetero) is 1. The number of hydrogen-bond donors (Lipinski definition) is 0. The first kappa shape index (κ1) is 12.8. The molecule has 2 rings (SSSR count). The molecule has 2 atom stereocenters. The Hall–Kier alpha value is -0.630. The fourth-order valence-electron chi connectivity index (χ4n) is 3.25. The van der Waals surface area contributed by atoms with Gasteiger partial charge >= 0.3 is 0 Å². The number of hydrogen-bond acceptors (Lipinski definition) is 2. The minimum atomic E-state index is 0.344. The minimum absolute atomic E-state index is 0.344.